The van der Waals surface area contributed by atoms with Crippen LogP contribution in [0.25, 0.3) is 43.8 Å². The Bertz CT molecular complexity index is 3000. The van der Waals surface area contributed by atoms with Crippen LogP contribution in [0, 0.1) is 6.07 Å². The number of fused-ring (bicyclic) bond motifs is 2. The van der Waals surface area contributed by atoms with Crippen molar-refractivity contribution in [2.45, 2.75) is 0 Å². The number of nitrogens with one attached hydrogen (secondary N) is 2. The third kappa shape index (κ3) is 14.5. The maximum Gasteiger partial charge on any atom is 3.00 e. The summed E-state index contributed by atoms with van der Waals surface area (Å²) in [6.07, 6.45) is 3.50. The van der Waals surface area contributed by atoms with Gasteiger partial charge >= 0.3 is 16.8 Å². The smallest absolute Gasteiger partial charge is 0.410 e. The maximum absolute atomic E-state index is 9.68. The molecule has 0 unspecified atom stereocenters. The third-order valence-electron chi connectivity index (χ3n) is 10.6. The van der Waals surface area contributed by atoms with Crippen molar-refractivity contribution in [3.8, 4) is 22.3 Å². The van der Waals surface area contributed by atoms with Gasteiger partial charge in [-0.1, -0.05) is 198 Å². The number of pyridine rings is 1. The van der Waals surface area contributed by atoms with Crippen LogP contribution in [-0.4, -0.2) is 48.9 Å². The van der Waals surface area contributed by atoms with Gasteiger partial charge in [-0.3, -0.25) is 26.4 Å². The molecule has 12 heteroatoms. The van der Waals surface area contributed by atoms with Crippen LogP contribution in [0.1, 0.15) is 11.1 Å². The summed E-state index contributed by atoms with van der Waals surface area (Å²) in [6, 6.07) is 80.3. The molecule has 0 aliphatic heterocycles. The van der Waals surface area contributed by atoms with Gasteiger partial charge in [-0.05, 0) is 57.3 Å². The van der Waals surface area contributed by atoms with Crippen LogP contribution in [0.3, 0.4) is 0 Å². The summed E-state index contributed by atoms with van der Waals surface area (Å²) >= 11 is 0. The van der Waals surface area contributed by atoms with Crippen molar-refractivity contribution >= 4 is 56.0 Å². The number of aliphatic imine (C=N–C) groups is 2. The van der Waals surface area contributed by atoms with E-state index in [2.05, 4.69) is 42.3 Å². The van der Waals surface area contributed by atoms with E-state index >= 15 is 0 Å². The Balaban J connectivity index is 0.000000185. The molecule has 6 N–H and O–H groups in total. The van der Waals surface area contributed by atoms with E-state index in [4.69, 9.17) is 0 Å². The zero-order valence-corrected chi connectivity index (χ0v) is 39.1. The molecule has 0 aliphatic carbocycles. The molecule has 71 heavy (non-hydrogen) atoms. The van der Waals surface area contributed by atoms with Crippen molar-refractivity contribution < 1.29 is 37.6 Å². The molecule has 0 amide bonds. The average molecular weight is 978 g/mol. The number of hydrogen-bond donors (Lipinski definition) is 6. The topological polar surface area (TPSA) is 167 Å². The fourth-order valence-corrected chi connectivity index (χ4v) is 7.15. The number of nitrogens with zero attached hydrogens (tertiary/aromatic N) is 5. The molecular formula is C59H48CoN7O4+2. The van der Waals surface area contributed by atoms with E-state index in [0.717, 1.165) is 43.8 Å². The fraction of sp³-hybridized carbons (Fsp3) is 0. The predicted molar refractivity (Wildman–Crippen MR) is 282 cm³/mol. The van der Waals surface area contributed by atoms with Gasteiger partial charge in [0.15, 0.2) is 23.1 Å². The first-order valence-corrected chi connectivity index (χ1v) is 22.1. The van der Waals surface area contributed by atoms with E-state index in [0.29, 0.717) is 22.5 Å². The summed E-state index contributed by atoms with van der Waals surface area (Å²) in [5.41, 5.74) is 11.2. The minimum atomic E-state index is 0. The number of rotatable bonds is 8. The number of hydroxylamine groups is 2. The molecule has 350 valence electrons. The summed E-state index contributed by atoms with van der Waals surface area (Å²) < 4.78 is 0. The molecule has 0 atom stereocenters. The van der Waals surface area contributed by atoms with Crippen molar-refractivity contribution in [2.75, 3.05) is 0 Å². The van der Waals surface area contributed by atoms with Crippen LogP contribution in [0.15, 0.2) is 275 Å². The van der Waals surface area contributed by atoms with Gasteiger partial charge in [0.25, 0.3) is 0 Å². The van der Waals surface area contributed by atoms with E-state index in [1.54, 1.807) is 12.4 Å². The number of benzene rings is 9. The third-order valence-corrected chi connectivity index (χ3v) is 10.6. The molecule has 0 bridgehead atoms. The Kier molecular flexibility index (Phi) is 20.0. The summed E-state index contributed by atoms with van der Waals surface area (Å²) in [4.78, 5) is 12.8. The molecule has 10 aromatic rings. The standard InChI is InChI=1S/2C24H19N3O2.C6H5.C5H5N.Co/c2*28-26-23(20-15-13-18(14-16-20)17-7-2-1-3-8-17)24(27-29)25-22-12-6-10-19-9-4-5-11-21(19)22;2*1-2-4-6-5-3-1;/h2*1-16,28-29H,(H,25,27);2*1-5H;/q;;-1;;+3/b2*26-23+;;;. The number of aromatic nitrogens is 1. The van der Waals surface area contributed by atoms with Gasteiger partial charge in [-0.15, -0.1) is 0 Å². The molecule has 11 nitrogen and oxygen atoms in total. The summed E-state index contributed by atoms with van der Waals surface area (Å²) in [5.74, 6) is 0.104. The van der Waals surface area contributed by atoms with Crippen LogP contribution in [0.5, 0.6) is 0 Å². The Labute approximate surface area is 422 Å². The minimum Gasteiger partial charge on any atom is -0.410 e. The molecule has 0 aliphatic rings. The van der Waals surface area contributed by atoms with Crippen molar-refractivity contribution in [1.82, 2.24) is 15.9 Å². The monoisotopic (exact) mass is 977 g/mol. The zero-order chi connectivity index (χ0) is 48.6. The summed E-state index contributed by atoms with van der Waals surface area (Å²) in [6.45, 7) is 0. The molecule has 0 spiro atoms. The van der Waals surface area contributed by atoms with Crippen LogP contribution in [0.4, 0.5) is 11.4 Å². The minimum absolute atomic E-state index is 0. The molecule has 0 saturated heterocycles. The second-order valence-corrected chi connectivity index (χ2v) is 15.0. The fourth-order valence-electron chi connectivity index (χ4n) is 7.15. The van der Waals surface area contributed by atoms with E-state index < -0.39 is 0 Å². The Hall–Kier alpha value is -9.04. The van der Waals surface area contributed by atoms with Gasteiger partial charge in [0.05, 0.1) is 11.4 Å². The van der Waals surface area contributed by atoms with E-state index in [9.17, 15) is 20.8 Å². The number of oxime groups is 2. The molecule has 0 saturated carbocycles. The van der Waals surface area contributed by atoms with Crippen LogP contribution in [-0.2, 0) is 16.8 Å². The average Bonchev–Trinajstić information content (AvgIpc) is 3.45. The van der Waals surface area contributed by atoms with Crippen molar-refractivity contribution in [3.05, 3.63) is 272 Å². The molecule has 1 aromatic heterocycles. The zero-order valence-electron chi connectivity index (χ0n) is 38.1. The first-order valence-electron chi connectivity index (χ1n) is 22.1. The van der Waals surface area contributed by atoms with Crippen molar-refractivity contribution in [2.24, 2.45) is 20.3 Å². The van der Waals surface area contributed by atoms with E-state index in [-0.39, 0.29) is 39.9 Å². The van der Waals surface area contributed by atoms with Gasteiger partial charge in [0, 0.05) is 34.3 Å². The first kappa shape index (κ1) is 51.4. The van der Waals surface area contributed by atoms with Crippen LogP contribution >= 0.6 is 0 Å². The molecule has 0 fully saturated rings. The van der Waals surface area contributed by atoms with Gasteiger partial charge in [0.2, 0.25) is 0 Å². The van der Waals surface area contributed by atoms with Crippen molar-refractivity contribution in [1.29, 1.82) is 0 Å². The quantitative estimate of drug-likeness (QED) is 0.0290. The second-order valence-electron chi connectivity index (χ2n) is 15.0. The normalized spacial score (nSPS) is 11.3. The first-order chi connectivity index (χ1) is 34.6. The van der Waals surface area contributed by atoms with Gasteiger partial charge < -0.3 is 10.4 Å². The van der Waals surface area contributed by atoms with Gasteiger partial charge in [-0.25, -0.2) is 9.98 Å². The molecular weight excluding hydrogens is 930 g/mol. The Morgan fingerprint density at radius 1 is 0.380 bits per heavy atom. The molecule has 10 rings (SSSR count). The number of hydrogen-bond acceptors (Lipinski definition) is 9. The maximum atomic E-state index is 9.68. The molecule has 1 heterocycles. The van der Waals surface area contributed by atoms with Crippen molar-refractivity contribution in [3.63, 3.8) is 0 Å². The number of amidine groups is 2. The Morgan fingerprint density at radius 3 is 1.06 bits per heavy atom. The summed E-state index contributed by atoms with van der Waals surface area (Å²) in [5, 5.41) is 49.3. The Morgan fingerprint density at radius 2 is 0.732 bits per heavy atom. The SMILES string of the molecule is O/N=C(/C(=Nc1cccc2ccccc12)NO)c1ccc(-c2ccccc2)cc1.O/N=C(/C(=Nc1cccc2ccccc12)NO)c1ccc(-c2ccccc2)cc1.[Co+3].[c-]1ccccc1.c1ccncc1. The summed E-state index contributed by atoms with van der Waals surface area (Å²) in [7, 11) is 0. The van der Waals surface area contributed by atoms with E-state index in [1.165, 1.54) is 0 Å². The molecule has 9 aromatic carbocycles. The van der Waals surface area contributed by atoms with Crippen LogP contribution < -0.4 is 11.0 Å². The molecule has 0 radical (unpaired) electrons. The van der Waals surface area contributed by atoms with Crippen LogP contribution in [0.2, 0.25) is 0 Å². The largest absolute Gasteiger partial charge is 3.00 e. The second kappa shape index (κ2) is 27.7. The van der Waals surface area contributed by atoms with Gasteiger partial charge in [0.1, 0.15) is 0 Å². The van der Waals surface area contributed by atoms with Gasteiger partial charge in [-0.2, -0.15) is 36.4 Å². The van der Waals surface area contributed by atoms with E-state index in [1.807, 2.05) is 243 Å². The predicted octanol–water partition coefficient (Wildman–Crippen LogP) is 13.4.